The number of amides is 1. The first-order valence-corrected chi connectivity index (χ1v) is 6.66. The van der Waals surface area contributed by atoms with E-state index in [9.17, 15) is 4.79 Å². The van der Waals surface area contributed by atoms with Crippen LogP contribution in [-0.2, 0) is 16.6 Å². The van der Waals surface area contributed by atoms with Crippen molar-refractivity contribution in [3.63, 3.8) is 0 Å². The molecule has 108 valence electrons. The average molecular weight is 268 g/mol. The van der Waals surface area contributed by atoms with Crippen LogP contribution >= 0.6 is 0 Å². The molecule has 0 radical (unpaired) electrons. The zero-order valence-corrected chi connectivity index (χ0v) is 12.2. The average Bonchev–Trinajstić information content (AvgIpc) is 2.82. The van der Waals surface area contributed by atoms with Gasteiger partial charge in [0.1, 0.15) is 6.04 Å². The summed E-state index contributed by atoms with van der Waals surface area (Å²) in [6, 6.07) is -0.352. The van der Waals surface area contributed by atoms with Gasteiger partial charge < -0.3 is 15.0 Å². The summed E-state index contributed by atoms with van der Waals surface area (Å²) in [5.74, 6) is 0.0534. The molecule has 0 aliphatic heterocycles. The Morgan fingerprint density at radius 3 is 2.79 bits per heavy atom. The van der Waals surface area contributed by atoms with Gasteiger partial charge in [-0.25, -0.2) is 0 Å². The highest BCUT2D eigenvalue weighted by Gasteiger charge is 2.24. The molecule has 1 N–H and O–H groups in total. The van der Waals surface area contributed by atoms with Crippen molar-refractivity contribution in [3.8, 4) is 0 Å². The van der Waals surface area contributed by atoms with Gasteiger partial charge in [-0.15, -0.1) is 0 Å². The molecule has 1 amide bonds. The lowest BCUT2D eigenvalue weighted by Crippen LogP contribution is -2.41. The lowest BCUT2D eigenvalue weighted by Gasteiger charge is -2.25. The van der Waals surface area contributed by atoms with Crippen molar-refractivity contribution in [1.82, 2.24) is 20.0 Å². The summed E-state index contributed by atoms with van der Waals surface area (Å²) >= 11 is 0. The summed E-state index contributed by atoms with van der Waals surface area (Å²) in [6.07, 6.45) is 3.57. The van der Waals surface area contributed by atoms with Crippen LogP contribution in [0.3, 0.4) is 0 Å². The maximum absolute atomic E-state index is 12.5. The number of aromatic nitrogens is 2. The zero-order valence-electron chi connectivity index (χ0n) is 12.2. The Bertz CT molecular complexity index is 392. The number of nitrogens with zero attached hydrogens (tertiary/aromatic N) is 3. The monoisotopic (exact) mass is 268 g/mol. The van der Waals surface area contributed by atoms with Crippen LogP contribution in [0.4, 0.5) is 0 Å². The second-order valence-electron chi connectivity index (χ2n) is 4.28. The van der Waals surface area contributed by atoms with Crippen molar-refractivity contribution in [1.29, 1.82) is 0 Å². The molecular formula is C13H24N4O2. The molecule has 0 saturated heterocycles. The number of carbonyl (C=O) groups is 1. The fraction of sp³-hybridized carbons (Fsp3) is 0.692. The Balaban J connectivity index is 2.70. The van der Waals surface area contributed by atoms with Gasteiger partial charge in [-0.2, -0.15) is 5.10 Å². The van der Waals surface area contributed by atoms with Gasteiger partial charge in [0.2, 0.25) is 5.91 Å². The molecule has 0 fully saturated rings. The number of carbonyl (C=O) groups excluding carboxylic acids is 1. The number of hydrogen-bond acceptors (Lipinski definition) is 4. The quantitative estimate of drug-likeness (QED) is 0.700. The molecule has 1 unspecified atom stereocenters. The molecule has 6 heteroatoms. The van der Waals surface area contributed by atoms with Crippen LogP contribution in [0.15, 0.2) is 12.4 Å². The Labute approximate surface area is 114 Å². The fourth-order valence-electron chi connectivity index (χ4n) is 1.95. The SMILES string of the molecule is CCOCCN(CC)C(=O)C(NC)c1cnn(C)c1. The highest BCUT2D eigenvalue weighted by atomic mass is 16.5. The topological polar surface area (TPSA) is 59.4 Å². The molecule has 0 bridgehead atoms. The van der Waals surface area contributed by atoms with Gasteiger partial charge in [-0.3, -0.25) is 9.48 Å². The van der Waals surface area contributed by atoms with Crippen LogP contribution in [0.5, 0.6) is 0 Å². The summed E-state index contributed by atoms with van der Waals surface area (Å²) in [5, 5.41) is 7.16. The van der Waals surface area contributed by atoms with E-state index in [4.69, 9.17) is 4.74 Å². The minimum atomic E-state index is -0.352. The second-order valence-corrected chi connectivity index (χ2v) is 4.28. The fourth-order valence-corrected chi connectivity index (χ4v) is 1.95. The van der Waals surface area contributed by atoms with Crippen LogP contribution in [0.2, 0.25) is 0 Å². The van der Waals surface area contributed by atoms with Crippen molar-refractivity contribution in [3.05, 3.63) is 18.0 Å². The third kappa shape index (κ3) is 4.33. The molecule has 0 saturated carbocycles. The summed E-state index contributed by atoms with van der Waals surface area (Å²) in [6.45, 7) is 6.44. The number of nitrogens with one attached hydrogen (secondary N) is 1. The summed E-state index contributed by atoms with van der Waals surface area (Å²) < 4.78 is 7.01. The smallest absolute Gasteiger partial charge is 0.244 e. The van der Waals surface area contributed by atoms with E-state index in [1.807, 2.05) is 27.1 Å². The first kappa shape index (κ1) is 15.7. The summed E-state index contributed by atoms with van der Waals surface area (Å²) in [4.78, 5) is 14.3. The van der Waals surface area contributed by atoms with Crippen molar-refractivity contribution < 1.29 is 9.53 Å². The van der Waals surface area contributed by atoms with E-state index in [0.717, 1.165) is 5.56 Å². The molecule has 19 heavy (non-hydrogen) atoms. The number of likely N-dealkylation sites (N-methyl/N-ethyl adjacent to an activating group) is 2. The van der Waals surface area contributed by atoms with Crippen LogP contribution in [-0.4, -0.2) is 53.9 Å². The Kier molecular flexibility index (Phi) is 6.52. The van der Waals surface area contributed by atoms with Gasteiger partial charge in [0, 0.05) is 38.5 Å². The molecule has 0 aliphatic carbocycles. The second kappa shape index (κ2) is 7.91. The molecule has 1 aromatic rings. The van der Waals surface area contributed by atoms with Gasteiger partial charge in [-0.1, -0.05) is 0 Å². The zero-order chi connectivity index (χ0) is 14.3. The van der Waals surface area contributed by atoms with Gasteiger partial charge in [0.05, 0.1) is 12.8 Å². The molecule has 0 aliphatic rings. The maximum atomic E-state index is 12.5. The van der Waals surface area contributed by atoms with Crippen molar-refractivity contribution in [2.45, 2.75) is 19.9 Å². The van der Waals surface area contributed by atoms with E-state index in [2.05, 4.69) is 10.4 Å². The minimum Gasteiger partial charge on any atom is -0.380 e. The molecule has 0 spiro atoms. The summed E-state index contributed by atoms with van der Waals surface area (Å²) in [7, 11) is 3.62. The van der Waals surface area contributed by atoms with Gasteiger partial charge in [0.15, 0.2) is 0 Å². The van der Waals surface area contributed by atoms with Crippen LogP contribution in [0.1, 0.15) is 25.5 Å². The van der Waals surface area contributed by atoms with E-state index in [-0.39, 0.29) is 11.9 Å². The predicted octanol–water partition coefficient (Wildman–Crippen LogP) is 0.566. The molecule has 0 aromatic carbocycles. The third-order valence-corrected chi connectivity index (χ3v) is 3.00. The van der Waals surface area contributed by atoms with E-state index < -0.39 is 0 Å². The minimum absolute atomic E-state index is 0.0534. The molecule has 1 heterocycles. The largest absolute Gasteiger partial charge is 0.380 e. The van der Waals surface area contributed by atoms with E-state index in [1.54, 1.807) is 22.8 Å². The Hall–Kier alpha value is -1.40. The Morgan fingerprint density at radius 2 is 2.32 bits per heavy atom. The maximum Gasteiger partial charge on any atom is 0.244 e. The van der Waals surface area contributed by atoms with Gasteiger partial charge in [-0.05, 0) is 20.9 Å². The van der Waals surface area contributed by atoms with Crippen LogP contribution < -0.4 is 5.32 Å². The highest BCUT2D eigenvalue weighted by molar-refractivity contribution is 5.83. The summed E-state index contributed by atoms with van der Waals surface area (Å²) in [5.41, 5.74) is 0.879. The first-order chi connectivity index (χ1) is 9.13. The van der Waals surface area contributed by atoms with E-state index in [0.29, 0.717) is 26.3 Å². The first-order valence-electron chi connectivity index (χ1n) is 6.66. The molecular weight excluding hydrogens is 244 g/mol. The molecule has 1 atom stereocenters. The predicted molar refractivity (Wildman–Crippen MR) is 73.8 cm³/mol. The Morgan fingerprint density at radius 1 is 1.58 bits per heavy atom. The highest BCUT2D eigenvalue weighted by Crippen LogP contribution is 2.14. The number of rotatable bonds is 8. The van der Waals surface area contributed by atoms with Crippen molar-refractivity contribution >= 4 is 5.91 Å². The van der Waals surface area contributed by atoms with Crippen molar-refractivity contribution in [2.24, 2.45) is 7.05 Å². The normalized spacial score (nSPS) is 12.4. The van der Waals surface area contributed by atoms with Crippen LogP contribution in [0, 0.1) is 0 Å². The molecule has 1 aromatic heterocycles. The number of aryl methyl sites for hydroxylation is 1. The molecule has 1 rings (SSSR count). The van der Waals surface area contributed by atoms with E-state index in [1.165, 1.54) is 0 Å². The lowest BCUT2D eigenvalue weighted by atomic mass is 10.1. The van der Waals surface area contributed by atoms with Gasteiger partial charge in [0.25, 0.3) is 0 Å². The third-order valence-electron chi connectivity index (χ3n) is 3.00. The number of hydrogen-bond donors (Lipinski definition) is 1. The lowest BCUT2D eigenvalue weighted by molar-refractivity contribution is -0.134. The standard InChI is InChI=1S/C13H24N4O2/c1-5-17(7-8-19-6-2)13(18)12(14-3)11-9-15-16(4)10-11/h9-10,12,14H,5-8H2,1-4H3. The molecule has 6 nitrogen and oxygen atoms in total. The number of ether oxygens (including phenoxy) is 1. The van der Waals surface area contributed by atoms with Gasteiger partial charge >= 0.3 is 0 Å². The van der Waals surface area contributed by atoms with Crippen LogP contribution in [0.25, 0.3) is 0 Å². The van der Waals surface area contributed by atoms with Crippen molar-refractivity contribution in [2.75, 3.05) is 33.4 Å². The van der Waals surface area contributed by atoms with E-state index >= 15 is 0 Å².